The van der Waals surface area contributed by atoms with Crippen LogP contribution in [0.15, 0.2) is 30.5 Å². The number of anilines is 2. The molecule has 1 saturated heterocycles. The lowest BCUT2D eigenvalue weighted by atomic mass is 10.0. The summed E-state index contributed by atoms with van der Waals surface area (Å²) in [7, 11) is 0. The molecule has 0 bridgehead atoms. The zero-order chi connectivity index (χ0) is 18.7. The summed E-state index contributed by atoms with van der Waals surface area (Å²) in [5.41, 5.74) is 0.0563. The van der Waals surface area contributed by atoms with Crippen molar-refractivity contribution in [3.05, 3.63) is 47.3 Å². The molecule has 8 heteroatoms. The van der Waals surface area contributed by atoms with Crippen molar-refractivity contribution < 1.29 is 13.2 Å². The lowest BCUT2D eigenvalue weighted by molar-refractivity contribution is -0.137. The molecular weight excluding hydrogens is 343 g/mol. The first-order chi connectivity index (χ1) is 12.4. The lowest BCUT2D eigenvalue weighted by Gasteiger charge is -2.35. The predicted octanol–water partition coefficient (Wildman–Crippen LogP) is 3.76. The number of nitriles is 1. The molecule has 5 nitrogen and oxygen atoms in total. The third kappa shape index (κ3) is 4.04. The van der Waals surface area contributed by atoms with E-state index in [1.807, 2.05) is 11.8 Å². The van der Waals surface area contributed by atoms with Gasteiger partial charge >= 0.3 is 6.18 Å². The van der Waals surface area contributed by atoms with Crippen molar-refractivity contribution in [3.8, 4) is 6.07 Å². The summed E-state index contributed by atoms with van der Waals surface area (Å²) in [4.78, 5) is 10.4. The van der Waals surface area contributed by atoms with Crippen LogP contribution in [0, 0.1) is 18.3 Å². The second-order valence-corrected chi connectivity index (χ2v) is 6.29. The van der Waals surface area contributed by atoms with Crippen LogP contribution in [0.2, 0.25) is 0 Å². The monoisotopic (exact) mass is 361 g/mol. The summed E-state index contributed by atoms with van der Waals surface area (Å²) in [5.74, 6) is 0.521. The minimum absolute atomic E-state index is 0.0375. The SMILES string of the molecule is Cc1ccnc(NC2CCCN(c3ccc(C#N)c(C(F)(F)F)c3)C2)n1. The third-order valence-electron chi connectivity index (χ3n) is 4.34. The first-order valence-electron chi connectivity index (χ1n) is 8.29. The molecule has 0 spiro atoms. The fourth-order valence-corrected chi connectivity index (χ4v) is 3.09. The number of hydrogen-bond acceptors (Lipinski definition) is 5. The van der Waals surface area contributed by atoms with Gasteiger partial charge in [0.25, 0.3) is 0 Å². The Labute approximate surface area is 149 Å². The zero-order valence-corrected chi connectivity index (χ0v) is 14.2. The number of aryl methyl sites for hydroxylation is 1. The Balaban J connectivity index is 1.78. The molecule has 1 unspecified atom stereocenters. The first-order valence-corrected chi connectivity index (χ1v) is 8.29. The normalized spacial score (nSPS) is 17.7. The molecule has 3 rings (SSSR count). The summed E-state index contributed by atoms with van der Waals surface area (Å²) < 4.78 is 39.6. The molecule has 2 heterocycles. The Hall–Kier alpha value is -2.82. The number of nitrogens with one attached hydrogen (secondary N) is 1. The summed E-state index contributed by atoms with van der Waals surface area (Å²) in [6.45, 7) is 3.08. The molecule has 0 amide bonds. The zero-order valence-electron chi connectivity index (χ0n) is 14.2. The summed E-state index contributed by atoms with van der Waals surface area (Å²) in [5, 5.41) is 12.2. The standard InChI is InChI=1S/C18H18F3N5/c1-12-6-7-23-17(24-12)25-14-3-2-8-26(11-14)15-5-4-13(10-22)16(9-15)18(19,20)21/h4-7,9,14H,2-3,8,11H2,1H3,(H,23,24,25). The Morgan fingerprint density at radius 1 is 1.31 bits per heavy atom. The first kappa shape index (κ1) is 18.0. The molecule has 1 aromatic heterocycles. The molecule has 0 saturated carbocycles. The van der Waals surface area contributed by atoms with Gasteiger partial charge in [-0.3, -0.25) is 0 Å². The molecule has 1 N–H and O–H groups in total. The van der Waals surface area contributed by atoms with Gasteiger partial charge in [0.15, 0.2) is 0 Å². The van der Waals surface area contributed by atoms with E-state index in [-0.39, 0.29) is 11.6 Å². The largest absolute Gasteiger partial charge is 0.417 e. The highest BCUT2D eigenvalue weighted by atomic mass is 19.4. The average Bonchev–Trinajstić information content (AvgIpc) is 2.61. The maximum atomic E-state index is 13.2. The van der Waals surface area contributed by atoms with Crippen molar-refractivity contribution in [2.45, 2.75) is 32.0 Å². The maximum absolute atomic E-state index is 13.2. The van der Waals surface area contributed by atoms with Gasteiger partial charge in [0.05, 0.1) is 17.2 Å². The van der Waals surface area contributed by atoms with E-state index in [0.717, 1.165) is 24.6 Å². The van der Waals surface area contributed by atoms with Gasteiger partial charge in [0.2, 0.25) is 5.95 Å². The van der Waals surface area contributed by atoms with Crippen LogP contribution in [0.3, 0.4) is 0 Å². The van der Waals surface area contributed by atoms with Crippen molar-refractivity contribution >= 4 is 11.6 Å². The van der Waals surface area contributed by atoms with E-state index in [1.54, 1.807) is 24.4 Å². The molecule has 1 aromatic carbocycles. The fourth-order valence-electron chi connectivity index (χ4n) is 3.09. The van der Waals surface area contributed by atoms with Gasteiger partial charge in [-0.1, -0.05) is 0 Å². The maximum Gasteiger partial charge on any atom is 0.417 e. The van der Waals surface area contributed by atoms with E-state index in [9.17, 15) is 13.2 Å². The van der Waals surface area contributed by atoms with Gasteiger partial charge in [-0.25, -0.2) is 9.97 Å². The Morgan fingerprint density at radius 3 is 2.81 bits per heavy atom. The molecule has 1 atom stereocenters. The van der Waals surface area contributed by atoms with Crippen LogP contribution in [0.4, 0.5) is 24.8 Å². The summed E-state index contributed by atoms with van der Waals surface area (Å²) in [6, 6.07) is 7.31. The predicted molar refractivity (Wildman–Crippen MR) is 91.8 cm³/mol. The Kier molecular flexibility index (Phi) is 4.98. The summed E-state index contributed by atoms with van der Waals surface area (Å²) in [6.07, 6.45) is -1.16. The average molecular weight is 361 g/mol. The second-order valence-electron chi connectivity index (χ2n) is 6.29. The van der Waals surface area contributed by atoms with Crippen LogP contribution < -0.4 is 10.2 Å². The summed E-state index contributed by atoms with van der Waals surface area (Å²) >= 11 is 0. The van der Waals surface area contributed by atoms with E-state index in [2.05, 4.69) is 15.3 Å². The second kappa shape index (κ2) is 7.20. The van der Waals surface area contributed by atoms with Gasteiger partial charge in [0, 0.05) is 36.7 Å². The van der Waals surface area contributed by atoms with Gasteiger partial charge in [-0.15, -0.1) is 0 Å². The molecule has 0 radical (unpaired) electrons. The number of benzene rings is 1. The van der Waals surface area contributed by atoms with Crippen molar-refractivity contribution in [2.24, 2.45) is 0 Å². The highest BCUT2D eigenvalue weighted by Gasteiger charge is 2.34. The number of hydrogen-bond donors (Lipinski definition) is 1. The lowest BCUT2D eigenvalue weighted by Crippen LogP contribution is -2.42. The number of piperidine rings is 1. The molecule has 0 aliphatic carbocycles. The highest BCUT2D eigenvalue weighted by Crippen LogP contribution is 2.35. The van der Waals surface area contributed by atoms with Gasteiger partial charge < -0.3 is 10.2 Å². The van der Waals surface area contributed by atoms with Crippen molar-refractivity contribution in [1.82, 2.24) is 9.97 Å². The molecule has 26 heavy (non-hydrogen) atoms. The fraction of sp³-hybridized carbons (Fsp3) is 0.389. The van der Waals surface area contributed by atoms with E-state index in [1.165, 1.54) is 6.07 Å². The molecule has 1 aliphatic rings. The number of alkyl halides is 3. The van der Waals surface area contributed by atoms with Crippen molar-refractivity contribution in [2.75, 3.05) is 23.3 Å². The Morgan fingerprint density at radius 2 is 2.12 bits per heavy atom. The highest BCUT2D eigenvalue weighted by molar-refractivity contribution is 5.55. The van der Waals surface area contributed by atoms with E-state index in [0.29, 0.717) is 24.7 Å². The molecule has 1 aliphatic heterocycles. The van der Waals surface area contributed by atoms with Crippen LogP contribution in [0.25, 0.3) is 0 Å². The molecule has 2 aromatic rings. The van der Waals surface area contributed by atoms with Crippen LogP contribution in [0.1, 0.15) is 29.7 Å². The molecule has 136 valence electrons. The van der Waals surface area contributed by atoms with E-state index >= 15 is 0 Å². The van der Waals surface area contributed by atoms with Gasteiger partial charge in [-0.2, -0.15) is 18.4 Å². The number of halogens is 3. The number of nitrogens with zero attached hydrogens (tertiary/aromatic N) is 4. The minimum Gasteiger partial charge on any atom is -0.369 e. The minimum atomic E-state index is -4.55. The smallest absolute Gasteiger partial charge is 0.369 e. The molecule has 1 fully saturated rings. The number of rotatable bonds is 3. The van der Waals surface area contributed by atoms with E-state index in [4.69, 9.17) is 5.26 Å². The Bertz CT molecular complexity index is 828. The van der Waals surface area contributed by atoms with E-state index < -0.39 is 11.7 Å². The van der Waals surface area contributed by atoms with Crippen LogP contribution in [-0.2, 0) is 6.18 Å². The van der Waals surface area contributed by atoms with Gasteiger partial charge in [-0.05, 0) is 44.0 Å². The topological polar surface area (TPSA) is 64.8 Å². The quantitative estimate of drug-likeness (QED) is 0.902. The van der Waals surface area contributed by atoms with Crippen LogP contribution >= 0.6 is 0 Å². The number of aromatic nitrogens is 2. The van der Waals surface area contributed by atoms with Crippen molar-refractivity contribution in [3.63, 3.8) is 0 Å². The molecular formula is C18H18F3N5. The van der Waals surface area contributed by atoms with Crippen LogP contribution in [-0.4, -0.2) is 29.1 Å². The third-order valence-corrected chi connectivity index (χ3v) is 4.34. The van der Waals surface area contributed by atoms with Crippen LogP contribution in [0.5, 0.6) is 0 Å². The van der Waals surface area contributed by atoms with Crippen molar-refractivity contribution in [1.29, 1.82) is 5.26 Å². The van der Waals surface area contributed by atoms with Gasteiger partial charge in [0.1, 0.15) is 0 Å².